The normalized spacial score (nSPS) is 22.4. The number of hydrogen-bond donors (Lipinski definition) is 0. The lowest BCUT2D eigenvalue weighted by Crippen LogP contribution is -2.58. The molecule has 1 aromatic rings. The first-order valence-corrected chi connectivity index (χ1v) is 10.8. The maximum Gasteiger partial charge on any atom is 0.243 e. The van der Waals surface area contributed by atoms with E-state index in [9.17, 15) is 16.8 Å². The molecule has 1 saturated carbocycles. The summed E-state index contributed by atoms with van der Waals surface area (Å²) >= 11 is 0. The standard InChI is InChI=1S/C15H21NO4S2/c17-21(18,13-7-3-1-4-8-13)15-11-16(12-15)22(19,20)14-9-5-2-6-10-14/h2,5-6,9-10,13,15H,1,3-4,7-8,11-12H2. The summed E-state index contributed by atoms with van der Waals surface area (Å²) in [5.41, 5.74) is 0. The third kappa shape index (κ3) is 2.81. The van der Waals surface area contributed by atoms with Crippen molar-refractivity contribution in [2.75, 3.05) is 13.1 Å². The molecule has 1 saturated heterocycles. The van der Waals surface area contributed by atoms with Crippen molar-refractivity contribution in [2.45, 2.75) is 47.5 Å². The number of hydrogen-bond acceptors (Lipinski definition) is 4. The molecule has 3 rings (SSSR count). The van der Waals surface area contributed by atoms with Crippen LogP contribution in [0.15, 0.2) is 35.2 Å². The van der Waals surface area contributed by atoms with Gasteiger partial charge in [-0.25, -0.2) is 16.8 Å². The van der Waals surface area contributed by atoms with Crippen LogP contribution in [0.25, 0.3) is 0 Å². The zero-order valence-electron chi connectivity index (χ0n) is 12.4. The molecule has 2 aliphatic rings. The fourth-order valence-electron chi connectivity index (χ4n) is 3.21. The highest BCUT2D eigenvalue weighted by molar-refractivity contribution is 7.93. The predicted octanol–water partition coefficient (Wildman–Crippen LogP) is 1.81. The molecule has 0 bridgehead atoms. The van der Waals surface area contributed by atoms with Crippen molar-refractivity contribution < 1.29 is 16.8 Å². The summed E-state index contributed by atoms with van der Waals surface area (Å²) in [5.74, 6) is 0. The average Bonchev–Trinajstić information content (AvgIpc) is 2.47. The Morgan fingerprint density at radius 2 is 1.41 bits per heavy atom. The second-order valence-corrected chi connectivity index (χ2v) is 10.6. The number of rotatable bonds is 4. The van der Waals surface area contributed by atoms with Gasteiger partial charge < -0.3 is 0 Å². The highest BCUT2D eigenvalue weighted by Gasteiger charge is 2.46. The zero-order chi connectivity index (χ0) is 15.8. The Hall–Kier alpha value is -0.920. The van der Waals surface area contributed by atoms with E-state index < -0.39 is 25.1 Å². The summed E-state index contributed by atoms with van der Waals surface area (Å²) < 4.78 is 51.2. The second kappa shape index (κ2) is 5.94. The molecule has 0 unspecified atom stereocenters. The van der Waals surface area contributed by atoms with Crippen LogP contribution < -0.4 is 0 Å². The van der Waals surface area contributed by atoms with Crippen LogP contribution in [-0.2, 0) is 19.9 Å². The van der Waals surface area contributed by atoms with Crippen LogP contribution in [0.3, 0.4) is 0 Å². The van der Waals surface area contributed by atoms with Crippen molar-refractivity contribution in [1.82, 2.24) is 4.31 Å². The van der Waals surface area contributed by atoms with Crippen LogP contribution in [0.1, 0.15) is 32.1 Å². The van der Waals surface area contributed by atoms with E-state index in [0.717, 1.165) is 32.1 Å². The van der Waals surface area contributed by atoms with E-state index in [2.05, 4.69) is 0 Å². The molecule has 1 aromatic carbocycles. The first-order valence-electron chi connectivity index (χ1n) is 7.70. The first kappa shape index (κ1) is 16.0. The molecule has 0 amide bonds. The molecule has 5 nitrogen and oxygen atoms in total. The van der Waals surface area contributed by atoms with Gasteiger partial charge in [-0.1, -0.05) is 37.5 Å². The van der Waals surface area contributed by atoms with E-state index in [-0.39, 0.29) is 23.2 Å². The van der Waals surface area contributed by atoms with E-state index in [4.69, 9.17) is 0 Å². The van der Waals surface area contributed by atoms with Gasteiger partial charge in [-0.05, 0) is 25.0 Å². The van der Waals surface area contributed by atoms with Gasteiger partial charge in [0.05, 0.1) is 15.4 Å². The molecule has 0 aromatic heterocycles. The third-order valence-corrected chi connectivity index (χ3v) is 9.15. The summed E-state index contributed by atoms with van der Waals surface area (Å²) in [6.07, 6.45) is 4.48. The van der Waals surface area contributed by atoms with Crippen molar-refractivity contribution in [2.24, 2.45) is 0 Å². The van der Waals surface area contributed by atoms with Crippen LogP contribution in [0.2, 0.25) is 0 Å². The number of sulfonamides is 1. The van der Waals surface area contributed by atoms with Crippen molar-refractivity contribution >= 4 is 19.9 Å². The molecular weight excluding hydrogens is 322 g/mol. The average molecular weight is 343 g/mol. The monoisotopic (exact) mass is 343 g/mol. The molecule has 0 atom stereocenters. The summed E-state index contributed by atoms with van der Waals surface area (Å²) in [5, 5.41) is -0.804. The van der Waals surface area contributed by atoms with Crippen molar-refractivity contribution in [3.05, 3.63) is 30.3 Å². The Labute approximate surface area is 132 Å². The fourth-order valence-corrected chi connectivity index (χ4v) is 7.26. The molecule has 1 aliphatic heterocycles. The van der Waals surface area contributed by atoms with Crippen molar-refractivity contribution in [1.29, 1.82) is 0 Å². The molecule has 1 heterocycles. The predicted molar refractivity (Wildman–Crippen MR) is 84.8 cm³/mol. The molecule has 122 valence electrons. The Balaban J connectivity index is 1.69. The number of sulfone groups is 1. The third-order valence-electron chi connectivity index (χ3n) is 4.68. The van der Waals surface area contributed by atoms with E-state index in [1.54, 1.807) is 18.2 Å². The molecule has 7 heteroatoms. The molecular formula is C15H21NO4S2. The van der Waals surface area contributed by atoms with Gasteiger partial charge >= 0.3 is 0 Å². The zero-order valence-corrected chi connectivity index (χ0v) is 14.0. The van der Waals surface area contributed by atoms with Crippen LogP contribution in [0.4, 0.5) is 0 Å². The first-order chi connectivity index (χ1) is 10.4. The molecule has 0 N–H and O–H groups in total. The number of benzene rings is 1. The Bertz CT molecular complexity index is 716. The highest BCUT2D eigenvalue weighted by Crippen LogP contribution is 2.32. The van der Waals surface area contributed by atoms with Crippen molar-refractivity contribution in [3.8, 4) is 0 Å². The summed E-state index contributed by atoms with van der Waals surface area (Å²) in [6, 6.07) is 8.17. The molecule has 2 fully saturated rings. The molecule has 0 radical (unpaired) electrons. The van der Waals surface area contributed by atoms with Gasteiger partial charge in [-0.15, -0.1) is 0 Å². The van der Waals surface area contributed by atoms with Gasteiger partial charge in [0.2, 0.25) is 10.0 Å². The van der Waals surface area contributed by atoms with Crippen LogP contribution >= 0.6 is 0 Å². The van der Waals surface area contributed by atoms with Gasteiger partial charge in [-0.2, -0.15) is 4.31 Å². The summed E-state index contributed by atoms with van der Waals surface area (Å²) in [6.45, 7) is 0.187. The van der Waals surface area contributed by atoms with Gasteiger partial charge in [0.15, 0.2) is 9.84 Å². The van der Waals surface area contributed by atoms with E-state index in [1.807, 2.05) is 0 Å². The minimum absolute atomic E-state index is 0.0933. The Morgan fingerprint density at radius 3 is 2.00 bits per heavy atom. The van der Waals surface area contributed by atoms with E-state index >= 15 is 0 Å². The van der Waals surface area contributed by atoms with Gasteiger partial charge in [0.1, 0.15) is 0 Å². The topological polar surface area (TPSA) is 71.5 Å². The molecule has 0 spiro atoms. The number of nitrogens with zero attached hydrogens (tertiary/aromatic N) is 1. The van der Waals surface area contributed by atoms with Gasteiger partial charge in [0, 0.05) is 13.1 Å². The lowest BCUT2D eigenvalue weighted by molar-refractivity contribution is 0.306. The summed E-state index contributed by atoms with van der Waals surface area (Å²) in [4.78, 5) is 0.225. The smallest absolute Gasteiger partial charge is 0.228 e. The van der Waals surface area contributed by atoms with Gasteiger partial charge in [-0.3, -0.25) is 0 Å². The van der Waals surface area contributed by atoms with Crippen LogP contribution in [0, 0.1) is 0 Å². The van der Waals surface area contributed by atoms with Crippen LogP contribution in [-0.4, -0.2) is 44.7 Å². The van der Waals surface area contributed by atoms with Crippen molar-refractivity contribution in [3.63, 3.8) is 0 Å². The molecule has 1 aliphatic carbocycles. The van der Waals surface area contributed by atoms with E-state index in [1.165, 1.54) is 16.4 Å². The minimum Gasteiger partial charge on any atom is -0.228 e. The Morgan fingerprint density at radius 1 is 0.818 bits per heavy atom. The lowest BCUT2D eigenvalue weighted by Gasteiger charge is -2.39. The van der Waals surface area contributed by atoms with E-state index in [0.29, 0.717) is 0 Å². The highest BCUT2D eigenvalue weighted by atomic mass is 32.2. The lowest BCUT2D eigenvalue weighted by atomic mass is 10.0. The molecule has 22 heavy (non-hydrogen) atoms. The minimum atomic E-state index is -3.56. The van der Waals surface area contributed by atoms with Crippen LogP contribution in [0.5, 0.6) is 0 Å². The maximum absolute atomic E-state index is 12.6. The second-order valence-electron chi connectivity index (χ2n) is 6.11. The fraction of sp³-hybridized carbons (Fsp3) is 0.600. The Kier molecular flexibility index (Phi) is 4.31. The summed E-state index contributed by atoms with van der Waals surface area (Å²) in [7, 11) is -6.76. The quantitative estimate of drug-likeness (QED) is 0.836. The SMILES string of the molecule is O=S(=O)(C1CCCCC1)C1CN(S(=O)(=O)c2ccccc2)C1. The largest absolute Gasteiger partial charge is 0.243 e. The van der Waals surface area contributed by atoms with Gasteiger partial charge in [0.25, 0.3) is 0 Å². The maximum atomic E-state index is 12.6.